The molecule has 2 aromatic rings. The number of hydrogen-bond acceptors (Lipinski definition) is 7. The molecule has 0 bridgehead atoms. The van der Waals surface area contributed by atoms with Gasteiger partial charge in [0.25, 0.3) is 11.6 Å². The summed E-state index contributed by atoms with van der Waals surface area (Å²) in [5, 5.41) is 23.0. The molecule has 1 aliphatic heterocycles. The van der Waals surface area contributed by atoms with Crippen LogP contribution < -0.4 is 5.32 Å². The first-order valence-electron chi connectivity index (χ1n) is 8.53. The van der Waals surface area contributed by atoms with Gasteiger partial charge in [0, 0.05) is 30.7 Å². The van der Waals surface area contributed by atoms with Crippen LogP contribution in [0.25, 0.3) is 6.08 Å². The van der Waals surface area contributed by atoms with Gasteiger partial charge in [-0.25, -0.2) is 4.39 Å². The summed E-state index contributed by atoms with van der Waals surface area (Å²) < 4.78 is 14.0. The molecule has 8 nitrogen and oxygen atoms in total. The molecule has 154 valence electrons. The Hall–Kier alpha value is -3.31. The van der Waals surface area contributed by atoms with Crippen molar-refractivity contribution in [2.75, 3.05) is 11.9 Å². The van der Waals surface area contributed by atoms with Crippen molar-refractivity contribution in [1.29, 1.82) is 0 Å². The molecule has 0 saturated carbocycles. The molecular weight excluding hydrogens is 433 g/mol. The van der Waals surface area contributed by atoms with E-state index in [1.165, 1.54) is 29.2 Å². The summed E-state index contributed by atoms with van der Waals surface area (Å²) >= 11 is 6.18. The number of carbonyl (C=O) groups excluding carboxylic acids is 2. The second kappa shape index (κ2) is 9.01. The fraction of sp³-hybridized carbons (Fsp3) is 0.105. The average molecular weight is 447 g/mol. The number of benzene rings is 2. The molecular formula is C19H14FN3O5S2. The number of anilines is 1. The van der Waals surface area contributed by atoms with E-state index in [1.54, 1.807) is 6.07 Å². The molecule has 0 unspecified atom stereocenters. The zero-order valence-electron chi connectivity index (χ0n) is 15.2. The predicted molar refractivity (Wildman–Crippen MR) is 114 cm³/mol. The molecule has 0 aromatic heterocycles. The van der Waals surface area contributed by atoms with E-state index in [4.69, 9.17) is 12.2 Å². The van der Waals surface area contributed by atoms with Crippen molar-refractivity contribution in [3.63, 3.8) is 0 Å². The minimum atomic E-state index is -0.656. The van der Waals surface area contributed by atoms with Crippen LogP contribution >= 0.6 is 24.0 Å². The lowest BCUT2D eigenvalue weighted by Crippen LogP contribution is -2.31. The molecule has 0 atom stereocenters. The summed E-state index contributed by atoms with van der Waals surface area (Å²) in [4.78, 5) is 36.4. The molecule has 0 radical (unpaired) electrons. The summed E-state index contributed by atoms with van der Waals surface area (Å²) in [6.45, 7) is -0.0409. The summed E-state index contributed by atoms with van der Waals surface area (Å²) in [5.74, 6) is -1.82. The van der Waals surface area contributed by atoms with Gasteiger partial charge in [0.15, 0.2) is 0 Å². The number of carbonyl (C=O) groups is 2. The van der Waals surface area contributed by atoms with Gasteiger partial charge in [-0.1, -0.05) is 42.2 Å². The standard InChI is InChI=1S/C19H14FN3O5S2/c20-13-4-2-1-3-11(13)9-16-18(26)22(19(29)30-16)8-7-17(25)21-14-10-12(23(27)28)5-6-15(14)24/h1-6,9-10,24H,7-8H2,(H,21,25)/b16-9-. The average Bonchev–Trinajstić information content (AvgIpc) is 2.96. The largest absolute Gasteiger partial charge is 0.506 e. The molecule has 2 aromatic carbocycles. The molecule has 2 N–H and O–H groups in total. The van der Waals surface area contributed by atoms with Crippen LogP contribution in [0.4, 0.5) is 15.8 Å². The second-order valence-electron chi connectivity index (χ2n) is 6.11. The third kappa shape index (κ3) is 4.81. The van der Waals surface area contributed by atoms with Gasteiger partial charge < -0.3 is 10.4 Å². The smallest absolute Gasteiger partial charge is 0.271 e. The van der Waals surface area contributed by atoms with E-state index in [2.05, 4.69) is 5.32 Å². The first-order valence-corrected chi connectivity index (χ1v) is 9.76. The fourth-order valence-electron chi connectivity index (χ4n) is 2.59. The Morgan fingerprint density at radius 3 is 2.77 bits per heavy atom. The number of halogens is 1. The van der Waals surface area contributed by atoms with Crippen LogP contribution in [-0.2, 0) is 9.59 Å². The normalized spacial score (nSPS) is 15.0. The maximum absolute atomic E-state index is 13.8. The first kappa shape index (κ1) is 21.4. The van der Waals surface area contributed by atoms with Gasteiger partial charge in [-0.15, -0.1) is 0 Å². The summed E-state index contributed by atoms with van der Waals surface area (Å²) in [6, 6.07) is 9.22. The molecule has 1 heterocycles. The Balaban J connectivity index is 1.65. The van der Waals surface area contributed by atoms with E-state index in [9.17, 15) is 29.2 Å². The Bertz CT molecular complexity index is 1090. The van der Waals surface area contributed by atoms with E-state index in [0.717, 1.165) is 30.0 Å². The third-order valence-electron chi connectivity index (χ3n) is 4.09. The van der Waals surface area contributed by atoms with Crippen LogP contribution in [0.1, 0.15) is 12.0 Å². The first-order chi connectivity index (χ1) is 14.3. The topological polar surface area (TPSA) is 113 Å². The summed E-state index contributed by atoms with van der Waals surface area (Å²) in [5.41, 5.74) is -0.158. The van der Waals surface area contributed by atoms with Crippen molar-refractivity contribution in [2.24, 2.45) is 0 Å². The van der Waals surface area contributed by atoms with Crippen molar-refractivity contribution in [2.45, 2.75) is 6.42 Å². The highest BCUT2D eigenvalue weighted by Gasteiger charge is 2.32. The van der Waals surface area contributed by atoms with E-state index >= 15 is 0 Å². The highest BCUT2D eigenvalue weighted by Crippen LogP contribution is 2.33. The SMILES string of the molecule is O=C(CCN1C(=O)/C(=C/c2ccccc2F)SC1=S)Nc1cc([N+](=O)[O-])ccc1O. The Morgan fingerprint density at radius 1 is 1.33 bits per heavy atom. The lowest BCUT2D eigenvalue weighted by atomic mass is 10.2. The number of phenolic OH excluding ortho intramolecular Hbond substituents is 1. The molecule has 30 heavy (non-hydrogen) atoms. The number of thioether (sulfide) groups is 1. The number of nitrogens with zero attached hydrogens (tertiary/aromatic N) is 2. The predicted octanol–water partition coefficient (Wildman–Crippen LogP) is 3.67. The Kier molecular flexibility index (Phi) is 6.43. The minimum absolute atomic E-state index is 0.0409. The monoisotopic (exact) mass is 447 g/mol. The summed E-state index contributed by atoms with van der Waals surface area (Å²) in [6.07, 6.45) is 1.23. The molecule has 2 amide bonds. The minimum Gasteiger partial charge on any atom is -0.506 e. The van der Waals surface area contributed by atoms with Gasteiger partial charge in [0.05, 0.1) is 15.5 Å². The van der Waals surface area contributed by atoms with Gasteiger partial charge in [0.2, 0.25) is 5.91 Å². The number of nitro benzene ring substituents is 1. The van der Waals surface area contributed by atoms with Crippen LogP contribution in [0.15, 0.2) is 47.4 Å². The van der Waals surface area contributed by atoms with Crippen molar-refractivity contribution in [1.82, 2.24) is 4.90 Å². The van der Waals surface area contributed by atoms with E-state index in [0.29, 0.717) is 0 Å². The summed E-state index contributed by atoms with van der Waals surface area (Å²) in [7, 11) is 0. The zero-order valence-corrected chi connectivity index (χ0v) is 16.8. The second-order valence-corrected chi connectivity index (χ2v) is 7.79. The molecule has 11 heteroatoms. The molecule has 3 rings (SSSR count). The van der Waals surface area contributed by atoms with Crippen LogP contribution in [0.3, 0.4) is 0 Å². The van der Waals surface area contributed by atoms with E-state index in [1.807, 2.05) is 0 Å². The molecule has 1 fully saturated rings. The van der Waals surface area contributed by atoms with Crippen LogP contribution in [0.5, 0.6) is 5.75 Å². The van der Waals surface area contributed by atoms with E-state index < -0.39 is 22.6 Å². The quantitative estimate of drug-likeness (QED) is 0.228. The van der Waals surface area contributed by atoms with Crippen LogP contribution in [0, 0.1) is 15.9 Å². The maximum atomic E-state index is 13.8. The van der Waals surface area contributed by atoms with Gasteiger partial charge in [-0.05, 0) is 18.2 Å². The lowest BCUT2D eigenvalue weighted by Gasteiger charge is -2.14. The number of phenols is 1. The van der Waals surface area contributed by atoms with Crippen LogP contribution in [0.2, 0.25) is 0 Å². The zero-order chi connectivity index (χ0) is 21.8. The molecule has 1 aliphatic rings. The van der Waals surface area contributed by atoms with Crippen molar-refractivity contribution in [3.05, 3.63) is 68.9 Å². The lowest BCUT2D eigenvalue weighted by molar-refractivity contribution is -0.384. The van der Waals surface area contributed by atoms with Crippen molar-refractivity contribution in [3.8, 4) is 5.75 Å². The van der Waals surface area contributed by atoms with E-state index in [-0.39, 0.29) is 44.9 Å². The number of thiocarbonyl (C=S) groups is 1. The number of non-ortho nitro benzene ring substituents is 1. The number of hydrogen-bond donors (Lipinski definition) is 2. The molecule has 0 spiro atoms. The van der Waals surface area contributed by atoms with Crippen molar-refractivity contribution < 1.29 is 24.0 Å². The number of amides is 2. The highest BCUT2D eigenvalue weighted by atomic mass is 32.2. The van der Waals surface area contributed by atoms with Gasteiger partial charge >= 0.3 is 0 Å². The Morgan fingerprint density at radius 2 is 2.07 bits per heavy atom. The fourth-order valence-corrected chi connectivity index (χ4v) is 3.89. The number of aromatic hydroxyl groups is 1. The van der Waals surface area contributed by atoms with Gasteiger partial charge in [0.1, 0.15) is 15.9 Å². The maximum Gasteiger partial charge on any atom is 0.271 e. The number of nitro groups is 1. The van der Waals surface area contributed by atoms with Gasteiger partial charge in [-0.3, -0.25) is 24.6 Å². The highest BCUT2D eigenvalue weighted by molar-refractivity contribution is 8.26. The van der Waals surface area contributed by atoms with Gasteiger partial charge in [-0.2, -0.15) is 0 Å². The number of rotatable bonds is 6. The Labute approximate surface area is 179 Å². The van der Waals surface area contributed by atoms with Crippen molar-refractivity contribution >= 4 is 57.6 Å². The molecule has 0 aliphatic carbocycles. The van der Waals surface area contributed by atoms with Crippen LogP contribution in [-0.4, -0.2) is 37.6 Å². The molecule has 1 saturated heterocycles. The number of nitrogens with one attached hydrogen (secondary N) is 1. The third-order valence-corrected chi connectivity index (χ3v) is 5.47.